The second-order valence-corrected chi connectivity index (χ2v) is 4.83. The molecule has 1 unspecified atom stereocenters. The minimum absolute atomic E-state index is 0.0426. The average Bonchev–Trinajstić information content (AvgIpc) is 2.46. The number of rotatable bonds is 5. The van der Waals surface area contributed by atoms with Gasteiger partial charge in [-0.3, -0.25) is 4.79 Å². The summed E-state index contributed by atoms with van der Waals surface area (Å²) in [5.41, 5.74) is 1.87. The van der Waals surface area contributed by atoms with E-state index in [2.05, 4.69) is 17.2 Å². The van der Waals surface area contributed by atoms with Gasteiger partial charge in [-0.05, 0) is 37.5 Å². The van der Waals surface area contributed by atoms with Crippen LogP contribution in [0.25, 0.3) is 0 Å². The Balaban J connectivity index is 2.77. The van der Waals surface area contributed by atoms with E-state index in [-0.39, 0.29) is 24.5 Å². The van der Waals surface area contributed by atoms with Crippen molar-refractivity contribution in [1.82, 2.24) is 5.32 Å². The lowest BCUT2D eigenvalue weighted by Crippen LogP contribution is -2.32. The Morgan fingerprint density at radius 3 is 2.65 bits per heavy atom. The molecule has 1 aromatic carbocycles. The van der Waals surface area contributed by atoms with Crippen molar-refractivity contribution < 1.29 is 9.90 Å². The van der Waals surface area contributed by atoms with Gasteiger partial charge in [-0.1, -0.05) is 37.8 Å². The largest absolute Gasteiger partial charge is 0.384 e. The topological polar surface area (TPSA) is 49.3 Å². The van der Waals surface area contributed by atoms with Crippen LogP contribution in [0.5, 0.6) is 0 Å². The number of aliphatic hydroxyl groups is 1. The zero-order chi connectivity index (χ0) is 15.0. The van der Waals surface area contributed by atoms with Gasteiger partial charge in [-0.15, -0.1) is 0 Å². The molecule has 0 bridgehead atoms. The minimum Gasteiger partial charge on any atom is -0.384 e. The van der Waals surface area contributed by atoms with Crippen LogP contribution < -0.4 is 5.32 Å². The second-order valence-electron chi connectivity index (χ2n) is 4.83. The fourth-order valence-corrected chi connectivity index (χ4v) is 2.10. The smallest absolute Gasteiger partial charge is 0.223 e. The Morgan fingerprint density at radius 1 is 1.35 bits per heavy atom. The van der Waals surface area contributed by atoms with Crippen molar-refractivity contribution in [3.8, 4) is 11.8 Å². The van der Waals surface area contributed by atoms with Crippen LogP contribution in [0.2, 0.25) is 0 Å². The van der Waals surface area contributed by atoms with Gasteiger partial charge in [-0.2, -0.15) is 0 Å². The van der Waals surface area contributed by atoms with Crippen molar-refractivity contribution in [3.05, 3.63) is 35.4 Å². The Hall–Kier alpha value is -1.79. The molecule has 1 rings (SSSR count). The standard InChI is InChI=1S/C17H23NO2/c1-4-15(5-2)17(20)18-13(3)16-10-6-8-14(12-16)9-7-11-19/h6,8,10,12-13,15,19H,4-5,11H2,1-3H3,(H,18,20). The lowest BCUT2D eigenvalue weighted by Gasteiger charge is -2.18. The summed E-state index contributed by atoms with van der Waals surface area (Å²) in [7, 11) is 0. The number of hydrogen-bond acceptors (Lipinski definition) is 2. The monoisotopic (exact) mass is 273 g/mol. The quantitative estimate of drug-likeness (QED) is 0.810. The summed E-state index contributed by atoms with van der Waals surface area (Å²) in [5, 5.41) is 11.8. The molecule has 2 N–H and O–H groups in total. The molecule has 0 saturated carbocycles. The van der Waals surface area contributed by atoms with Crippen molar-refractivity contribution in [3.63, 3.8) is 0 Å². The Kier molecular flexibility index (Phi) is 6.83. The summed E-state index contributed by atoms with van der Waals surface area (Å²) in [5.74, 6) is 5.69. The van der Waals surface area contributed by atoms with Crippen molar-refractivity contribution in [2.24, 2.45) is 5.92 Å². The Bertz CT molecular complexity index is 495. The van der Waals surface area contributed by atoms with Gasteiger partial charge in [0.25, 0.3) is 0 Å². The summed E-state index contributed by atoms with van der Waals surface area (Å²) in [4.78, 5) is 12.1. The van der Waals surface area contributed by atoms with E-state index in [1.807, 2.05) is 45.0 Å². The zero-order valence-electron chi connectivity index (χ0n) is 12.4. The van der Waals surface area contributed by atoms with Gasteiger partial charge < -0.3 is 10.4 Å². The van der Waals surface area contributed by atoms with Gasteiger partial charge in [0.05, 0.1) is 6.04 Å². The molecule has 0 spiro atoms. The van der Waals surface area contributed by atoms with E-state index < -0.39 is 0 Å². The first-order valence-electron chi connectivity index (χ1n) is 7.12. The van der Waals surface area contributed by atoms with Crippen LogP contribution in [0.3, 0.4) is 0 Å². The fourth-order valence-electron chi connectivity index (χ4n) is 2.10. The van der Waals surface area contributed by atoms with E-state index in [0.717, 1.165) is 24.0 Å². The molecule has 0 heterocycles. The highest BCUT2D eigenvalue weighted by Gasteiger charge is 2.16. The van der Waals surface area contributed by atoms with Gasteiger partial charge in [0.15, 0.2) is 0 Å². The summed E-state index contributed by atoms with van der Waals surface area (Å²) in [6.45, 7) is 5.89. The number of hydrogen-bond donors (Lipinski definition) is 2. The predicted octanol–water partition coefficient (Wildman–Crippen LogP) is 2.64. The molecular formula is C17H23NO2. The van der Waals surface area contributed by atoms with E-state index in [4.69, 9.17) is 5.11 Å². The lowest BCUT2D eigenvalue weighted by molar-refractivity contribution is -0.125. The number of carbonyl (C=O) groups excluding carboxylic acids is 1. The van der Waals surface area contributed by atoms with E-state index in [1.54, 1.807) is 0 Å². The minimum atomic E-state index is -0.148. The van der Waals surface area contributed by atoms with E-state index in [9.17, 15) is 4.79 Å². The molecule has 0 aliphatic carbocycles. The SMILES string of the molecule is CCC(CC)C(=O)NC(C)c1cccc(C#CCO)c1. The molecular weight excluding hydrogens is 250 g/mol. The van der Waals surface area contributed by atoms with Crippen LogP contribution in [-0.4, -0.2) is 17.6 Å². The van der Waals surface area contributed by atoms with Crippen molar-refractivity contribution in [2.75, 3.05) is 6.61 Å². The molecule has 0 saturated heterocycles. The first kappa shape index (κ1) is 16.3. The molecule has 1 aromatic rings. The molecule has 20 heavy (non-hydrogen) atoms. The van der Waals surface area contributed by atoms with Gasteiger partial charge >= 0.3 is 0 Å². The van der Waals surface area contributed by atoms with E-state index >= 15 is 0 Å². The normalized spacial score (nSPS) is 11.7. The summed E-state index contributed by atoms with van der Waals surface area (Å²) in [6, 6.07) is 7.68. The van der Waals surface area contributed by atoms with Gasteiger partial charge in [0.1, 0.15) is 6.61 Å². The van der Waals surface area contributed by atoms with Crippen molar-refractivity contribution in [2.45, 2.75) is 39.7 Å². The molecule has 1 atom stereocenters. The highest BCUT2D eigenvalue weighted by molar-refractivity contribution is 5.79. The average molecular weight is 273 g/mol. The maximum atomic E-state index is 12.1. The lowest BCUT2D eigenvalue weighted by atomic mass is 10.0. The molecule has 108 valence electrons. The van der Waals surface area contributed by atoms with Crippen LogP contribution in [0.4, 0.5) is 0 Å². The fraction of sp³-hybridized carbons (Fsp3) is 0.471. The van der Waals surface area contributed by atoms with E-state index in [0.29, 0.717) is 0 Å². The summed E-state index contributed by atoms with van der Waals surface area (Å²) >= 11 is 0. The van der Waals surface area contributed by atoms with Crippen molar-refractivity contribution >= 4 is 5.91 Å². The van der Waals surface area contributed by atoms with Crippen LogP contribution in [0.1, 0.15) is 50.8 Å². The highest BCUT2D eigenvalue weighted by atomic mass is 16.2. The molecule has 0 aliphatic rings. The van der Waals surface area contributed by atoms with Crippen LogP contribution in [0, 0.1) is 17.8 Å². The van der Waals surface area contributed by atoms with Crippen molar-refractivity contribution in [1.29, 1.82) is 0 Å². The van der Waals surface area contributed by atoms with E-state index in [1.165, 1.54) is 0 Å². The third kappa shape index (κ3) is 4.71. The number of carbonyl (C=O) groups is 1. The number of aliphatic hydroxyl groups excluding tert-OH is 1. The maximum absolute atomic E-state index is 12.1. The molecule has 1 amide bonds. The van der Waals surface area contributed by atoms with Crippen LogP contribution >= 0.6 is 0 Å². The van der Waals surface area contributed by atoms with Gasteiger partial charge in [0, 0.05) is 11.5 Å². The second kappa shape index (κ2) is 8.39. The van der Waals surface area contributed by atoms with Gasteiger partial charge in [0.2, 0.25) is 5.91 Å². The molecule has 3 heteroatoms. The van der Waals surface area contributed by atoms with Crippen LogP contribution in [-0.2, 0) is 4.79 Å². The highest BCUT2D eigenvalue weighted by Crippen LogP contribution is 2.16. The maximum Gasteiger partial charge on any atom is 0.223 e. The van der Waals surface area contributed by atoms with Crippen LogP contribution in [0.15, 0.2) is 24.3 Å². The zero-order valence-corrected chi connectivity index (χ0v) is 12.4. The molecule has 0 aliphatic heterocycles. The number of amides is 1. The predicted molar refractivity (Wildman–Crippen MR) is 81.0 cm³/mol. The molecule has 0 fully saturated rings. The third-order valence-corrected chi connectivity index (χ3v) is 3.41. The first-order chi connectivity index (χ1) is 9.62. The Labute approximate surface area is 121 Å². The Morgan fingerprint density at radius 2 is 2.05 bits per heavy atom. The summed E-state index contributed by atoms with van der Waals surface area (Å²) in [6.07, 6.45) is 1.72. The number of nitrogens with one attached hydrogen (secondary N) is 1. The summed E-state index contributed by atoms with van der Waals surface area (Å²) < 4.78 is 0. The third-order valence-electron chi connectivity index (χ3n) is 3.41. The number of benzene rings is 1. The molecule has 0 radical (unpaired) electrons. The molecule has 0 aromatic heterocycles. The van der Waals surface area contributed by atoms with Gasteiger partial charge in [-0.25, -0.2) is 0 Å². The first-order valence-corrected chi connectivity index (χ1v) is 7.12. The molecule has 3 nitrogen and oxygen atoms in total.